The summed E-state index contributed by atoms with van der Waals surface area (Å²) in [5.74, 6) is -1.71. The third-order valence-electron chi connectivity index (χ3n) is 1.60. The second kappa shape index (κ2) is 3.90. The van der Waals surface area contributed by atoms with Crippen molar-refractivity contribution in [2.24, 2.45) is 0 Å². The summed E-state index contributed by atoms with van der Waals surface area (Å²) in [5, 5.41) is 7.97. The summed E-state index contributed by atoms with van der Waals surface area (Å²) in [6.07, 6.45) is -4.78. The molecule has 0 fully saturated rings. The Morgan fingerprint density at radius 3 is 2.07 bits per heavy atom. The minimum atomic E-state index is -4.78. The number of halogens is 5. The first-order valence-corrected chi connectivity index (χ1v) is 4.28. The van der Waals surface area contributed by atoms with Gasteiger partial charge in [-0.05, 0) is 12.1 Å². The summed E-state index contributed by atoms with van der Waals surface area (Å²) in [7, 11) is 0. The fraction of sp³-hybridized carbons (Fsp3) is 0.125. The predicted octanol–water partition coefficient (Wildman–Crippen LogP) is 3.71. The van der Waals surface area contributed by atoms with E-state index in [9.17, 15) is 18.0 Å². The molecule has 0 aliphatic carbocycles. The molecule has 1 N–H and O–H groups in total. The van der Waals surface area contributed by atoms with Crippen molar-refractivity contribution in [1.29, 1.82) is 0 Å². The Balaban J connectivity index is 3.49. The lowest BCUT2D eigenvalue weighted by Crippen LogP contribution is -2.12. The fourth-order valence-corrected chi connectivity index (χ4v) is 1.29. The number of alkyl halides is 3. The highest BCUT2D eigenvalue weighted by Crippen LogP contribution is 2.36. The van der Waals surface area contributed by atoms with Crippen LogP contribution in [0.3, 0.4) is 0 Å². The van der Waals surface area contributed by atoms with E-state index in [1.54, 1.807) is 0 Å². The molecule has 82 valence electrons. The van der Waals surface area contributed by atoms with Gasteiger partial charge in [-0.15, -0.1) is 0 Å². The van der Waals surface area contributed by atoms with Crippen molar-refractivity contribution < 1.29 is 23.1 Å². The molecule has 1 rings (SSSR count). The van der Waals surface area contributed by atoms with Crippen molar-refractivity contribution in [3.63, 3.8) is 0 Å². The van der Waals surface area contributed by atoms with Crippen molar-refractivity contribution in [3.8, 4) is 0 Å². The molecule has 0 unspecified atom stereocenters. The molecule has 2 nitrogen and oxygen atoms in total. The molecular formula is C8H3Cl2F3O2. The molecule has 0 aliphatic heterocycles. The van der Waals surface area contributed by atoms with E-state index in [4.69, 9.17) is 28.3 Å². The van der Waals surface area contributed by atoms with Gasteiger partial charge >= 0.3 is 12.1 Å². The van der Waals surface area contributed by atoms with E-state index < -0.39 is 23.3 Å². The number of aromatic carboxylic acids is 1. The average molecular weight is 259 g/mol. The highest BCUT2D eigenvalue weighted by atomic mass is 35.5. The van der Waals surface area contributed by atoms with Gasteiger partial charge in [-0.25, -0.2) is 4.79 Å². The zero-order valence-corrected chi connectivity index (χ0v) is 8.41. The molecule has 0 saturated carbocycles. The number of benzene rings is 1. The third kappa shape index (κ3) is 2.54. The summed E-state index contributed by atoms with van der Waals surface area (Å²) >= 11 is 10.8. The van der Waals surface area contributed by atoms with E-state index >= 15 is 0 Å². The molecule has 0 saturated heterocycles. The maximum absolute atomic E-state index is 12.4. The highest BCUT2D eigenvalue weighted by molar-refractivity contribution is 6.42. The summed E-state index contributed by atoms with van der Waals surface area (Å²) in [5.41, 5.74) is -2.23. The minimum absolute atomic E-state index is 0.234. The zero-order chi connectivity index (χ0) is 11.8. The molecule has 7 heteroatoms. The van der Waals surface area contributed by atoms with Crippen LogP contribution in [0.4, 0.5) is 13.2 Å². The molecule has 0 aromatic heterocycles. The molecular weight excluding hydrogens is 256 g/mol. The Labute approximate surface area is 92.2 Å². The van der Waals surface area contributed by atoms with Crippen LogP contribution in [0.1, 0.15) is 15.9 Å². The fourth-order valence-electron chi connectivity index (χ4n) is 0.958. The summed E-state index contributed by atoms with van der Waals surface area (Å²) < 4.78 is 37.1. The van der Waals surface area contributed by atoms with Crippen LogP contribution in [0.15, 0.2) is 12.1 Å². The van der Waals surface area contributed by atoms with Crippen molar-refractivity contribution in [3.05, 3.63) is 33.3 Å². The lowest BCUT2D eigenvalue weighted by Gasteiger charge is -2.11. The van der Waals surface area contributed by atoms with Crippen LogP contribution in [-0.2, 0) is 6.18 Å². The maximum atomic E-state index is 12.4. The second-order valence-electron chi connectivity index (χ2n) is 2.61. The van der Waals surface area contributed by atoms with Crippen LogP contribution in [0.2, 0.25) is 10.0 Å². The molecule has 0 spiro atoms. The van der Waals surface area contributed by atoms with Crippen molar-refractivity contribution >= 4 is 29.2 Å². The van der Waals surface area contributed by atoms with Crippen molar-refractivity contribution in [2.75, 3.05) is 0 Å². The van der Waals surface area contributed by atoms with Gasteiger partial charge in [-0.2, -0.15) is 13.2 Å². The van der Waals surface area contributed by atoms with Gasteiger partial charge in [0.1, 0.15) is 0 Å². The predicted molar refractivity (Wildman–Crippen MR) is 48.4 cm³/mol. The van der Waals surface area contributed by atoms with E-state index in [1.165, 1.54) is 0 Å². The standard InChI is InChI=1S/C8H3Cl2F3O2/c9-5-1-3(7(14)15)4(2-6(5)10)8(11,12)13/h1-2H,(H,14,15). The van der Waals surface area contributed by atoms with Crippen LogP contribution in [0.25, 0.3) is 0 Å². The Kier molecular flexibility index (Phi) is 3.16. The van der Waals surface area contributed by atoms with Gasteiger partial charge < -0.3 is 5.11 Å². The number of rotatable bonds is 1. The number of carbonyl (C=O) groups is 1. The summed E-state index contributed by atoms with van der Waals surface area (Å²) in [4.78, 5) is 10.5. The second-order valence-corrected chi connectivity index (χ2v) is 3.43. The smallest absolute Gasteiger partial charge is 0.417 e. The van der Waals surface area contributed by atoms with Crippen LogP contribution in [0, 0.1) is 0 Å². The van der Waals surface area contributed by atoms with E-state index in [0.29, 0.717) is 12.1 Å². The molecule has 0 atom stereocenters. The van der Waals surface area contributed by atoms with E-state index in [0.717, 1.165) is 0 Å². The van der Waals surface area contributed by atoms with Crippen molar-refractivity contribution in [2.45, 2.75) is 6.18 Å². The maximum Gasteiger partial charge on any atom is 0.417 e. The Hall–Kier alpha value is -0.940. The van der Waals surface area contributed by atoms with Gasteiger partial charge in [-0.3, -0.25) is 0 Å². The highest BCUT2D eigenvalue weighted by Gasteiger charge is 2.36. The van der Waals surface area contributed by atoms with Crippen molar-refractivity contribution in [1.82, 2.24) is 0 Å². The van der Waals surface area contributed by atoms with Crippen LogP contribution in [0.5, 0.6) is 0 Å². The van der Waals surface area contributed by atoms with Gasteiger partial charge in [0.05, 0.1) is 21.2 Å². The number of carboxylic acids is 1. The van der Waals surface area contributed by atoms with Gasteiger partial charge in [0.15, 0.2) is 0 Å². The molecule has 0 amide bonds. The first kappa shape index (κ1) is 12.1. The molecule has 15 heavy (non-hydrogen) atoms. The van der Waals surface area contributed by atoms with Gasteiger partial charge in [-0.1, -0.05) is 23.2 Å². The monoisotopic (exact) mass is 258 g/mol. The van der Waals surface area contributed by atoms with E-state index in [1.807, 2.05) is 0 Å². The lowest BCUT2D eigenvalue weighted by atomic mass is 10.1. The molecule has 1 aromatic carbocycles. The quantitative estimate of drug-likeness (QED) is 0.834. The zero-order valence-electron chi connectivity index (χ0n) is 6.90. The SMILES string of the molecule is O=C(O)c1cc(Cl)c(Cl)cc1C(F)(F)F. The topological polar surface area (TPSA) is 37.3 Å². The minimum Gasteiger partial charge on any atom is -0.478 e. The van der Waals surface area contributed by atoms with Crippen LogP contribution >= 0.6 is 23.2 Å². The first-order valence-electron chi connectivity index (χ1n) is 3.53. The Morgan fingerprint density at radius 2 is 1.67 bits per heavy atom. The van der Waals surface area contributed by atoms with Gasteiger partial charge in [0, 0.05) is 0 Å². The number of hydrogen-bond donors (Lipinski definition) is 1. The third-order valence-corrected chi connectivity index (χ3v) is 2.32. The first-order chi connectivity index (χ1) is 6.73. The summed E-state index contributed by atoms with van der Waals surface area (Å²) in [6, 6.07) is 1.17. The normalized spacial score (nSPS) is 11.5. The molecule has 0 bridgehead atoms. The van der Waals surface area contributed by atoms with Gasteiger partial charge in [0.2, 0.25) is 0 Å². The Bertz CT molecular complexity index is 415. The van der Waals surface area contributed by atoms with E-state index in [2.05, 4.69) is 0 Å². The van der Waals surface area contributed by atoms with Gasteiger partial charge in [0.25, 0.3) is 0 Å². The number of carboxylic acid groups (broad SMARTS) is 1. The molecule has 0 radical (unpaired) electrons. The van der Waals surface area contributed by atoms with Crippen LogP contribution < -0.4 is 0 Å². The largest absolute Gasteiger partial charge is 0.478 e. The summed E-state index contributed by atoms with van der Waals surface area (Å²) in [6.45, 7) is 0. The Morgan fingerprint density at radius 1 is 1.20 bits per heavy atom. The average Bonchev–Trinajstić information content (AvgIpc) is 2.06. The van der Waals surface area contributed by atoms with Crippen LogP contribution in [-0.4, -0.2) is 11.1 Å². The molecule has 0 heterocycles. The number of hydrogen-bond acceptors (Lipinski definition) is 1. The lowest BCUT2D eigenvalue weighted by molar-refractivity contribution is -0.138. The molecule has 0 aliphatic rings. The van der Waals surface area contributed by atoms with E-state index in [-0.39, 0.29) is 10.0 Å². The molecule has 1 aromatic rings.